The van der Waals surface area contributed by atoms with Gasteiger partial charge in [-0.15, -0.1) is 0 Å². The van der Waals surface area contributed by atoms with Crippen LogP contribution in [0.15, 0.2) is 23.1 Å². The topological polar surface area (TPSA) is 77.4 Å². The predicted molar refractivity (Wildman–Crippen MR) is 46.6 cm³/mol. The molecule has 0 saturated carbocycles. The molecule has 0 fully saturated rings. The number of aryl methyl sites for hydroxylation is 1. The van der Waals surface area contributed by atoms with Gasteiger partial charge in [-0.2, -0.15) is 0 Å². The molecule has 4 nitrogen and oxygen atoms in total. The van der Waals surface area contributed by atoms with Crippen LogP contribution in [0.5, 0.6) is 5.75 Å². The molecule has 0 atom stereocenters. The van der Waals surface area contributed by atoms with Gasteiger partial charge in [0.1, 0.15) is 15.9 Å². The van der Waals surface area contributed by atoms with E-state index in [1.54, 1.807) is 0 Å². The molecule has 0 radical (unpaired) electrons. The fourth-order valence-corrected chi connectivity index (χ4v) is 1.59. The second-order valence-corrected chi connectivity index (χ2v) is 3.75. The van der Waals surface area contributed by atoms with Crippen molar-refractivity contribution >= 4 is 47.9 Å². The van der Waals surface area contributed by atoms with Crippen molar-refractivity contribution in [2.75, 3.05) is 0 Å². The van der Waals surface area contributed by atoms with Crippen LogP contribution in [-0.4, -0.2) is 55.8 Å². The molecule has 0 aliphatic heterocycles. The molecule has 1 aromatic carbocycles. The number of hydrogen-bond donors (Lipinski definition) is 1. The molecule has 66 valence electrons. The van der Waals surface area contributed by atoms with Gasteiger partial charge in [-0.3, -0.25) is 0 Å². The number of hydrogen-bond acceptors (Lipinski definition) is 4. The Morgan fingerprint density at radius 1 is 1.38 bits per heavy atom. The smallest absolute Gasteiger partial charge is 0.744 e. The van der Waals surface area contributed by atoms with Gasteiger partial charge in [0.05, 0.1) is 4.90 Å². The van der Waals surface area contributed by atoms with Gasteiger partial charge in [0, 0.05) is 0 Å². The minimum absolute atomic E-state index is 0. The third-order valence-electron chi connectivity index (χ3n) is 1.44. The SMILES string of the molecule is Cc1ccc(O)cc1S(=O)(=O)[O-].[Ca+2]. The van der Waals surface area contributed by atoms with Crippen LogP contribution in [0.25, 0.3) is 0 Å². The van der Waals surface area contributed by atoms with E-state index in [0.717, 1.165) is 6.07 Å². The number of phenolic OH excluding ortho intramolecular Hbond substituents is 1. The van der Waals surface area contributed by atoms with E-state index >= 15 is 0 Å². The van der Waals surface area contributed by atoms with E-state index < -0.39 is 10.1 Å². The van der Waals surface area contributed by atoms with Crippen LogP contribution < -0.4 is 0 Å². The first-order valence-electron chi connectivity index (χ1n) is 3.17. The van der Waals surface area contributed by atoms with E-state index in [9.17, 15) is 13.0 Å². The summed E-state index contributed by atoms with van der Waals surface area (Å²) in [7, 11) is -4.47. The zero-order chi connectivity index (χ0) is 9.35. The molecule has 13 heavy (non-hydrogen) atoms. The Morgan fingerprint density at radius 3 is 2.31 bits per heavy atom. The number of aromatic hydroxyl groups is 1. The average Bonchev–Trinajstić information content (AvgIpc) is 1.92. The van der Waals surface area contributed by atoms with Crippen LogP contribution in [-0.2, 0) is 10.1 Å². The molecule has 0 saturated heterocycles. The van der Waals surface area contributed by atoms with Crippen LogP contribution in [0.4, 0.5) is 0 Å². The van der Waals surface area contributed by atoms with Crippen molar-refractivity contribution in [2.45, 2.75) is 11.8 Å². The normalized spacial score (nSPS) is 10.6. The molecule has 0 bridgehead atoms. The summed E-state index contributed by atoms with van der Waals surface area (Å²) in [6, 6.07) is 3.64. The third-order valence-corrected chi connectivity index (χ3v) is 2.42. The zero-order valence-corrected chi connectivity index (χ0v) is 10.0. The van der Waals surface area contributed by atoms with Crippen molar-refractivity contribution in [3.05, 3.63) is 23.8 Å². The largest absolute Gasteiger partial charge is 2.00 e. The number of phenols is 1. The van der Waals surface area contributed by atoms with E-state index in [-0.39, 0.29) is 48.4 Å². The molecular weight excluding hydrogens is 220 g/mol. The third kappa shape index (κ3) is 3.44. The van der Waals surface area contributed by atoms with E-state index in [1.807, 2.05) is 0 Å². The first-order valence-corrected chi connectivity index (χ1v) is 4.57. The van der Waals surface area contributed by atoms with Gasteiger partial charge >= 0.3 is 37.7 Å². The fraction of sp³-hybridized carbons (Fsp3) is 0.143. The molecule has 0 aliphatic rings. The molecule has 1 aromatic rings. The molecular formula is C7H7CaO4S+. The molecule has 1 rings (SSSR count). The Kier molecular flexibility index (Phi) is 4.68. The van der Waals surface area contributed by atoms with Gasteiger partial charge in [-0.25, -0.2) is 8.42 Å². The second kappa shape index (κ2) is 4.61. The molecule has 1 N–H and O–H groups in total. The van der Waals surface area contributed by atoms with Crippen LogP contribution in [0, 0.1) is 6.92 Å². The van der Waals surface area contributed by atoms with Crippen LogP contribution in [0.1, 0.15) is 5.56 Å². The van der Waals surface area contributed by atoms with Gasteiger partial charge in [-0.05, 0) is 24.6 Å². The van der Waals surface area contributed by atoms with E-state index in [0.29, 0.717) is 5.56 Å². The summed E-state index contributed by atoms with van der Waals surface area (Å²) in [5.41, 5.74) is 0.336. The van der Waals surface area contributed by atoms with Crippen LogP contribution in [0.2, 0.25) is 0 Å². The van der Waals surface area contributed by atoms with Crippen molar-refractivity contribution in [1.82, 2.24) is 0 Å². The van der Waals surface area contributed by atoms with E-state index in [4.69, 9.17) is 5.11 Å². The Bertz CT molecular complexity index is 399. The molecule has 0 heterocycles. The van der Waals surface area contributed by atoms with Crippen LogP contribution in [0.3, 0.4) is 0 Å². The zero-order valence-electron chi connectivity index (χ0n) is 7.02. The molecule has 0 amide bonds. The summed E-state index contributed by atoms with van der Waals surface area (Å²) in [5.74, 6) is -0.227. The maximum atomic E-state index is 10.5. The van der Waals surface area contributed by atoms with Crippen LogP contribution >= 0.6 is 0 Å². The Balaban J connectivity index is 0.00000144. The van der Waals surface area contributed by atoms with Crippen molar-refractivity contribution in [3.8, 4) is 5.75 Å². The van der Waals surface area contributed by atoms with Crippen molar-refractivity contribution in [2.24, 2.45) is 0 Å². The summed E-state index contributed by atoms with van der Waals surface area (Å²) >= 11 is 0. The summed E-state index contributed by atoms with van der Waals surface area (Å²) in [4.78, 5) is -0.373. The second-order valence-electron chi connectivity index (χ2n) is 2.40. The van der Waals surface area contributed by atoms with Crippen molar-refractivity contribution in [3.63, 3.8) is 0 Å². The summed E-state index contributed by atoms with van der Waals surface area (Å²) in [6.07, 6.45) is 0. The van der Waals surface area contributed by atoms with E-state index in [1.165, 1.54) is 19.1 Å². The standard InChI is InChI=1S/C7H8O4S.Ca/c1-5-2-3-6(8)4-7(5)12(9,10)11;/h2-4,8H,1H3,(H,9,10,11);/q;+2/p-1. The van der Waals surface area contributed by atoms with Gasteiger partial charge < -0.3 is 9.66 Å². The van der Waals surface area contributed by atoms with E-state index in [2.05, 4.69) is 0 Å². The number of rotatable bonds is 1. The Morgan fingerprint density at radius 2 is 1.92 bits per heavy atom. The van der Waals surface area contributed by atoms with Gasteiger partial charge in [0.2, 0.25) is 0 Å². The first-order chi connectivity index (χ1) is 5.41. The van der Waals surface area contributed by atoms with Crippen molar-refractivity contribution < 1.29 is 18.1 Å². The predicted octanol–water partition coefficient (Wildman–Crippen LogP) is 0.224. The average molecular weight is 227 g/mol. The summed E-state index contributed by atoms with van der Waals surface area (Å²) in [6.45, 7) is 1.49. The maximum absolute atomic E-state index is 10.5. The monoisotopic (exact) mass is 227 g/mol. The van der Waals surface area contributed by atoms with Gasteiger partial charge in [0.25, 0.3) is 0 Å². The molecule has 0 aliphatic carbocycles. The minimum Gasteiger partial charge on any atom is -0.744 e. The fourth-order valence-electron chi connectivity index (χ4n) is 0.858. The van der Waals surface area contributed by atoms with Crippen molar-refractivity contribution in [1.29, 1.82) is 0 Å². The minimum atomic E-state index is -4.47. The van der Waals surface area contributed by atoms with Gasteiger partial charge in [0.15, 0.2) is 0 Å². The van der Waals surface area contributed by atoms with Gasteiger partial charge in [-0.1, -0.05) is 6.07 Å². The number of benzene rings is 1. The molecule has 0 unspecified atom stereocenters. The quantitative estimate of drug-likeness (QED) is 0.550. The molecule has 6 heteroatoms. The Hall–Kier alpha value is 0.190. The Labute approximate surface area is 106 Å². The molecule has 0 spiro atoms. The maximum Gasteiger partial charge on any atom is 2.00 e. The first kappa shape index (κ1) is 13.2. The summed E-state index contributed by atoms with van der Waals surface area (Å²) in [5, 5.41) is 8.90. The molecule has 0 aromatic heterocycles. The summed E-state index contributed by atoms with van der Waals surface area (Å²) < 4.78 is 31.6.